The van der Waals surface area contributed by atoms with E-state index in [0.29, 0.717) is 21.6 Å². The summed E-state index contributed by atoms with van der Waals surface area (Å²) in [6.45, 7) is 4.33. The van der Waals surface area contributed by atoms with Crippen molar-refractivity contribution in [1.82, 2.24) is 5.32 Å². The summed E-state index contributed by atoms with van der Waals surface area (Å²) >= 11 is 1.28. The highest BCUT2D eigenvalue weighted by Crippen LogP contribution is 2.33. The summed E-state index contributed by atoms with van der Waals surface area (Å²) < 4.78 is 11.3. The van der Waals surface area contributed by atoms with Gasteiger partial charge in [-0.15, -0.1) is 0 Å². The smallest absolute Gasteiger partial charge is 0.335 e. The number of aryl methyl sites for hydroxylation is 2. The van der Waals surface area contributed by atoms with Gasteiger partial charge in [0, 0.05) is 0 Å². The Bertz CT molecular complexity index is 1350. The number of amides is 1. The molecule has 1 amide bonds. The third kappa shape index (κ3) is 5.91. The molecule has 1 aliphatic heterocycles. The number of nitrogens with zero attached hydrogens (tertiary/aromatic N) is 1. The SMILES string of the molecule is COc1cc(/C=C2\SC(=Nc3ccc(C)c(C)c3)NC2=O)ccc1OCc1ccc(C(=O)O)cc1. The normalized spacial score (nSPS) is 15.3. The van der Waals surface area contributed by atoms with Crippen molar-refractivity contribution in [2.24, 2.45) is 4.99 Å². The monoisotopic (exact) mass is 488 g/mol. The number of thioether (sulfide) groups is 1. The summed E-state index contributed by atoms with van der Waals surface area (Å²) in [6.07, 6.45) is 1.78. The third-order valence-corrected chi connectivity index (χ3v) is 6.36. The lowest BCUT2D eigenvalue weighted by molar-refractivity contribution is -0.115. The average Bonchev–Trinajstić information content (AvgIpc) is 3.18. The molecule has 178 valence electrons. The first kappa shape index (κ1) is 24.1. The lowest BCUT2D eigenvalue weighted by atomic mass is 10.1. The topological polar surface area (TPSA) is 97.2 Å². The zero-order chi connectivity index (χ0) is 24.9. The summed E-state index contributed by atoms with van der Waals surface area (Å²) in [5.74, 6) is -0.116. The predicted octanol–water partition coefficient (Wildman–Crippen LogP) is 5.48. The van der Waals surface area contributed by atoms with Crippen molar-refractivity contribution >= 4 is 40.6 Å². The van der Waals surface area contributed by atoms with E-state index in [9.17, 15) is 9.59 Å². The van der Waals surface area contributed by atoms with Crippen LogP contribution in [0, 0.1) is 13.8 Å². The number of hydrogen-bond acceptors (Lipinski definition) is 6. The van der Waals surface area contributed by atoms with Crippen LogP contribution in [-0.2, 0) is 11.4 Å². The number of aromatic carboxylic acids is 1. The third-order valence-electron chi connectivity index (χ3n) is 5.45. The Labute approximate surface area is 207 Å². The molecule has 2 N–H and O–H groups in total. The second-order valence-corrected chi connectivity index (χ2v) is 8.98. The number of benzene rings is 3. The van der Waals surface area contributed by atoms with Gasteiger partial charge in [0.15, 0.2) is 16.7 Å². The summed E-state index contributed by atoms with van der Waals surface area (Å²) in [6, 6.07) is 17.8. The molecule has 0 bridgehead atoms. The van der Waals surface area contributed by atoms with E-state index in [1.807, 2.05) is 38.1 Å². The number of rotatable bonds is 7. The number of aliphatic imine (C=N–C) groups is 1. The fraction of sp³-hybridized carbons (Fsp3) is 0.148. The van der Waals surface area contributed by atoms with Crippen molar-refractivity contribution in [2.75, 3.05) is 7.11 Å². The summed E-state index contributed by atoms with van der Waals surface area (Å²) in [4.78, 5) is 28.5. The highest BCUT2D eigenvalue weighted by Gasteiger charge is 2.24. The summed E-state index contributed by atoms with van der Waals surface area (Å²) in [5, 5.41) is 12.4. The highest BCUT2D eigenvalue weighted by molar-refractivity contribution is 8.18. The molecule has 1 saturated heterocycles. The standard InChI is InChI=1S/C27H24N2O5S/c1-16-4-10-21(12-17(16)2)28-27-29-25(30)24(35-27)14-19-7-11-22(23(13-19)33-3)34-15-18-5-8-20(9-6-18)26(31)32/h4-14H,15H2,1-3H3,(H,31,32)(H,28,29,30)/b24-14-. The van der Waals surface area contributed by atoms with Crippen molar-refractivity contribution < 1.29 is 24.2 Å². The Morgan fingerprint density at radius 3 is 2.49 bits per heavy atom. The molecule has 0 aromatic heterocycles. The number of amidine groups is 1. The second-order valence-electron chi connectivity index (χ2n) is 7.95. The first-order valence-corrected chi connectivity index (χ1v) is 11.6. The van der Waals surface area contributed by atoms with E-state index in [0.717, 1.165) is 22.4 Å². The molecule has 0 radical (unpaired) electrons. The van der Waals surface area contributed by atoms with Gasteiger partial charge in [-0.1, -0.05) is 24.3 Å². The Hall–Kier alpha value is -4.04. The Kier molecular flexibility index (Phi) is 7.22. The average molecular weight is 489 g/mol. The molecule has 4 rings (SSSR count). The van der Waals surface area contributed by atoms with Gasteiger partial charge in [0.1, 0.15) is 6.61 Å². The van der Waals surface area contributed by atoms with Crippen LogP contribution in [-0.4, -0.2) is 29.3 Å². The van der Waals surface area contributed by atoms with Crippen LogP contribution < -0.4 is 14.8 Å². The van der Waals surface area contributed by atoms with Crippen molar-refractivity contribution in [3.05, 3.63) is 93.4 Å². The number of carboxylic acid groups (broad SMARTS) is 1. The van der Waals surface area contributed by atoms with E-state index in [1.165, 1.54) is 29.5 Å². The number of carbonyl (C=O) groups excluding carboxylic acids is 1. The number of carboxylic acids is 1. The van der Waals surface area contributed by atoms with E-state index in [-0.39, 0.29) is 18.1 Å². The second kappa shape index (κ2) is 10.5. The van der Waals surface area contributed by atoms with E-state index in [4.69, 9.17) is 14.6 Å². The maximum absolute atomic E-state index is 12.5. The maximum Gasteiger partial charge on any atom is 0.335 e. The van der Waals surface area contributed by atoms with Crippen LogP contribution in [0.15, 0.2) is 70.6 Å². The molecular formula is C27H24N2O5S. The molecule has 0 saturated carbocycles. The molecule has 3 aromatic carbocycles. The molecule has 35 heavy (non-hydrogen) atoms. The Morgan fingerprint density at radius 2 is 1.80 bits per heavy atom. The van der Waals surface area contributed by atoms with Gasteiger partial charge in [0.25, 0.3) is 5.91 Å². The van der Waals surface area contributed by atoms with Crippen molar-refractivity contribution in [1.29, 1.82) is 0 Å². The highest BCUT2D eigenvalue weighted by atomic mass is 32.2. The van der Waals surface area contributed by atoms with Gasteiger partial charge in [-0.05, 0) is 90.3 Å². The molecular weight excluding hydrogens is 464 g/mol. The van der Waals surface area contributed by atoms with Gasteiger partial charge in [-0.2, -0.15) is 0 Å². The Morgan fingerprint density at radius 1 is 1.03 bits per heavy atom. The van der Waals surface area contributed by atoms with Crippen molar-refractivity contribution in [2.45, 2.75) is 20.5 Å². The summed E-state index contributed by atoms with van der Waals surface area (Å²) in [7, 11) is 1.55. The maximum atomic E-state index is 12.5. The number of ether oxygens (including phenoxy) is 2. The molecule has 0 spiro atoms. The molecule has 1 fully saturated rings. The quantitative estimate of drug-likeness (QED) is 0.428. The molecule has 0 aliphatic carbocycles. The van der Waals surface area contributed by atoms with E-state index in [2.05, 4.69) is 10.3 Å². The minimum Gasteiger partial charge on any atom is -0.493 e. The van der Waals surface area contributed by atoms with Crippen molar-refractivity contribution in [3.8, 4) is 11.5 Å². The fourth-order valence-corrected chi connectivity index (χ4v) is 4.18. The fourth-order valence-electron chi connectivity index (χ4n) is 3.34. The molecule has 3 aromatic rings. The van der Waals surface area contributed by atoms with Gasteiger partial charge in [-0.25, -0.2) is 9.79 Å². The van der Waals surface area contributed by atoms with Gasteiger partial charge >= 0.3 is 5.97 Å². The zero-order valence-electron chi connectivity index (χ0n) is 19.5. The largest absolute Gasteiger partial charge is 0.493 e. The van der Waals surface area contributed by atoms with Crippen LogP contribution in [0.4, 0.5) is 5.69 Å². The lowest BCUT2D eigenvalue weighted by Crippen LogP contribution is -2.19. The van der Waals surface area contributed by atoms with Gasteiger partial charge < -0.3 is 19.9 Å². The minimum absolute atomic E-state index is 0.207. The molecule has 1 heterocycles. The van der Waals surface area contributed by atoms with E-state index < -0.39 is 5.97 Å². The van der Waals surface area contributed by atoms with E-state index >= 15 is 0 Å². The zero-order valence-corrected chi connectivity index (χ0v) is 20.3. The van der Waals surface area contributed by atoms with E-state index in [1.54, 1.807) is 37.5 Å². The molecule has 8 heteroatoms. The summed E-state index contributed by atoms with van der Waals surface area (Å²) in [5.41, 5.74) is 4.96. The van der Waals surface area contributed by atoms with Crippen LogP contribution in [0.5, 0.6) is 11.5 Å². The molecule has 7 nitrogen and oxygen atoms in total. The predicted molar refractivity (Wildman–Crippen MR) is 137 cm³/mol. The van der Waals surface area contributed by atoms with Crippen LogP contribution >= 0.6 is 11.8 Å². The molecule has 0 atom stereocenters. The van der Waals surface area contributed by atoms with Gasteiger partial charge in [0.2, 0.25) is 0 Å². The van der Waals surface area contributed by atoms with Gasteiger partial charge in [-0.3, -0.25) is 4.79 Å². The number of nitrogens with one attached hydrogen (secondary N) is 1. The number of carbonyl (C=O) groups is 2. The van der Waals surface area contributed by atoms with Crippen LogP contribution in [0.25, 0.3) is 6.08 Å². The van der Waals surface area contributed by atoms with Gasteiger partial charge in [0.05, 0.1) is 23.3 Å². The first-order valence-electron chi connectivity index (χ1n) is 10.8. The van der Waals surface area contributed by atoms with Crippen LogP contribution in [0.1, 0.15) is 32.6 Å². The van der Waals surface area contributed by atoms with Crippen LogP contribution in [0.3, 0.4) is 0 Å². The molecule has 1 aliphatic rings. The first-order chi connectivity index (χ1) is 16.8. The van der Waals surface area contributed by atoms with Crippen molar-refractivity contribution in [3.63, 3.8) is 0 Å². The lowest BCUT2D eigenvalue weighted by Gasteiger charge is -2.11. The van der Waals surface area contributed by atoms with Crippen LogP contribution in [0.2, 0.25) is 0 Å². The number of hydrogen-bond donors (Lipinski definition) is 2. The minimum atomic E-state index is -0.971. The number of methoxy groups -OCH3 is 1. The molecule has 0 unspecified atom stereocenters. The Balaban J connectivity index is 1.46.